The third-order valence-corrected chi connectivity index (χ3v) is 6.16. The largest absolute Gasteiger partial charge is 0.457 e. The van der Waals surface area contributed by atoms with Gasteiger partial charge in [-0.05, 0) is 56.7 Å². The predicted molar refractivity (Wildman–Crippen MR) is 118 cm³/mol. The van der Waals surface area contributed by atoms with E-state index in [-0.39, 0.29) is 17.8 Å². The van der Waals surface area contributed by atoms with E-state index in [1.54, 1.807) is 12.1 Å². The fraction of sp³-hybridized carbons (Fsp3) is 0.273. The molecule has 1 saturated heterocycles. The molecule has 0 radical (unpaired) electrons. The van der Waals surface area contributed by atoms with Gasteiger partial charge in [-0.2, -0.15) is 5.90 Å². The Kier molecular flexibility index (Phi) is 5.97. The lowest BCUT2D eigenvalue weighted by Gasteiger charge is -2.26. The van der Waals surface area contributed by atoms with Crippen molar-refractivity contribution in [3.63, 3.8) is 0 Å². The summed E-state index contributed by atoms with van der Waals surface area (Å²) in [4.78, 5) is 18.7. The Morgan fingerprint density at radius 2 is 2.00 bits per heavy atom. The van der Waals surface area contributed by atoms with Crippen LogP contribution in [0.3, 0.4) is 0 Å². The van der Waals surface area contributed by atoms with Crippen molar-refractivity contribution in [3.05, 3.63) is 58.6 Å². The molecule has 160 valence electrons. The van der Waals surface area contributed by atoms with Crippen molar-refractivity contribution in [1.29, 1.82) is 5.41 Å². The van der Waals surface area contributed by atoms with Crippen LogP contribution in [0.15, 0.2) is 42.5 Å². The lowest BCUT2D eigenvalue weighted by atomic mass is 10.0. The Morgan fingerprint density at radius 1 is 1.23 bits per heavy atom. The smallest absolute Gasteiger partial charge is 0.237 e. The van der Waals surface area contributed by atoms with Crippen molar-refractivity contribution in [2.75, 3.05) is 6.54 Å². The quantitative estimate of drug-likeness (QED) is 0.339. The first-order valence-electron chi connectivity index (χ1n) is 9.93. The Labute approximate surface area is 184 Å². The number of aryl methyl sites for hydroxylation is 1. The summed E-state index contributed by atoms with van der Waals surface area (Å²) in [5, 5.41) is 17.9. The maximum absolute atomic E-state index is 12.3. The summed E-state index contributed by atoms with van der Waals surface area (Å²) in [6, 6.07) is 12.7. The van der Waals surface area contributed by atoms with Crippen molar-refractivity contribution in [1.82, 2.24) is 15.1 Å². The van der Waals surface area contributed by atoms with Gasteiger partial charge in [0.25, 0.3) is 0 Å². The number of nitrogens with zero attached hydrogens (tertiary/aromatic N) is 3. The molecule has 9 heteroatoms. The first-order valence-corrected chi connectivity index (χ1v) is 10.8. The first-order chi connectivity index (χ1) is 15.0. The number of nitrogens with two attached hydrogens (primary N) is 1. The van der Waals surface area contributed by atoms with Crippen LogP contribution in [0.4, 0.5) is 0 Å². The number of ether oxygens (including phenoxy) is 1. The minimum absolute atomic E-state index is 0.136. The SMILES string of the molecule is Cc1nnc(-c2ccc(Oc3cc(C(=N)ON)ccc3[C@@H](C)N3CCCC3=O)cc2)s1. The second-order valence-electron chi connectivity index (χ2n) is 7.32. The molecule has 1 aliphatic heterocycles. The molecule has 1 amide bonds. The normalized spacial score (nSPS) is 14.5. The number of hydrogen-bond acceptors (Lipinski definition) is 8. The van der Waals surface area contributed by atoms with Gasteiger partial charge >= 0.3 is 0 Å². The third kappa shape index (κ3) is 4.42. The van der Waals surface area contributed by atoms with Crippen LogP contribution >= 0.6 is 11.3 Å². The van der Waals surface area contributed by atoms with Crippen LogP contribution in [0, 0.1) is 12.3 Å². The molecule has 8 nitrogen and oxygen atoms in total. The van der Waals surface area contributed by atoms with Crippen molar-refractivity contribution in [2.45, 2.75) is 32.7 Å². The van der Waals surface area contributed by atoms with Crippen LogP contribution in [0.1, 0.15) is 41.9 Å². The van der Waals surface area contributed by atoms with Crippen LogP contribution in [0.25, 0.3) is 10.6 Å². The van der Waals surface area contributed by atoms with Crippen LogP contribution in [0.2, 0.25) is 0 Å². The number of benzene rings is 2. The number of hydrogen-bond donors (Lipinski definition) is 2. The second-order valence-corrected chi connectivity index (χ2v) is 8.50. The summed E-state index contributed by atoms with van der Waals surface area (Å²) in [5.74, 6) is 6.32. The zero-order valence-electron chi connectivity index (χ0n) is 17.3. The Hall–Kier alpha value is -3.30. The van der Waals surface area contributed by atoms with Crippen LogP contribution < -0.4 is 10.6 Å². The maximum Gasteiger partial charge on any atom is 0.237 e. The van der Waals surface area contributed by atoms with Crippen molar-refractivity contribution >= 4 is 23.1 Å². The molecular weight excluding hydrogens is 414 g/mol. The Bertz CT molecular complexity index is 1110. The van der Waals surface area contributed by atoms with Gasteiger partial charge < -0.3 is 14.5 Å². The van der Waals surface area contributed by atoms with Crippen LogP contribution in [-0.2, 0) is 9.63 Å². The standard InChI is InChI=1S/C22H23N5O3S/c1-13(27-11-3-4-20(27)28)18-10-7-16(21(23)30-24)12-19(18)29-17-8-5-15(6-9-17)22-26-25-14(2)31-22/h5-10,12-13,23H,3-4,11,24H2,1-2H3/t13-/m1/s1. The first kappa shape index (κ1) is 21.0. The van der Waals surface area contributed by atoms with Gasteiger partial charge in [0.15, 0.2) is 0 Å². The topological polar surface area (TPSA) is 114 Å². The van der Waals surface area contributed by atoms with E-state index in [0.29, 0.717) is 23.5 Å². The minimum Gasteiger partial charge on any atom is -0.457 e. The number of likely N-dealkylation sites (tertiary alicyclic amines) is 1. The summed E-state index contributed by atoms with van der Waals surface area (Å²) < 4.78 is 6.19. The lowest BCUT2D eigenvalue weighted by Crippen LogP contribution is -2.28. The molecule has 0 saturated carbocycles. The van der Waals surface area contributed by atoms with Crippen molar-refractivity contribution in [2.24, 2.45) is 5.90 Å². The molecular formula is C22H23N5O3S. The highest BCUT2D eigenvalue weighted by atomic mass is 32.1. The molecule has 0 unspecified atom stereocenters. The van der Waals surface area contributed by atoms with Gasteiger partial charge in [-0.25, -0.2) is 0 Å². The van der Waals surface area contributed by atoms with Gasteiger partial charge in [-0.3, -0.25) is 10.2 Å². The molecule has 1 aromatic heterocycles. The number of aromatic nitrogens is 2. The van der Waals surface area contributed by atoms with Gasteiger partial charge in [0, 0.05) is 29.7 Å². The molecule has 1 aliphatic rings. The van der Waals surface area contributed by atoms with E-state index >= 15 is 0 Å². The fourth-order valence-electron chi connectivity index (χ4n) is 3.63. The van der Waals surface area contributed by atoms with Gasteiger partial charge in [0.2, 0.25) is 11.8 Å². The molecule has 0 bridgehead atoms. The molecule has 4 rings (SSSR count). The van der Waals surface area contributed by atoms with E-state index in [4.69, 9.17) is 16.0 Å². The highest BCUT2D eigenvalue weighted by Crippen LogP contribution is 2.36. The van der Waals surface area contributed by atoms with E-state index in [1.807, 2.05) is 49.1 Å². The number of carbonyl (C=O) groups is 1. The average molecular weight is 438 g/mol. The van der Waals surface area contributed by atoms with Gasteiger partial charge in [-0.15, -0.1) is 10.2 Å². The van der Waals surface area contributed by atoms with Crippen molar-refractivity contribution < 1.29 is 14.4 Å². The summed E-state index contributed by atoms with van der Waals surface area (Å²) in [6.07, 6.45) is 1.42. The second kappa shape index (κ2) is 8.83. The van der Waals surface area contributed by atoms with E-state index in [1.165, 1.54) is 11.3 Å². The zero-order valence-corrected chi connectivity index (χ0v) is 18.1. The average Bonchev–Trinajstić information content (AvgIpc) is 3.41. The van der Waals surface area contributed by atoms with E-state index in [9.17, 15) is 4.79 Å². The van der Waals surface area contributed by atoms with E-state index in [0.717, 1.165) is 34.1 Å². The number of carbonyl (C=O) groups excluding carboxylic acids is 1. The van der Waals surface area contributed by atoms with E-state index in [2.05, 4.69) is 15.0 Å². The highest BCUT2D eigenvalue weighted by Gasteiger charge is 2.28. The summed E-state index contributed by atoms with van der Waals surface area (Å²) in [7, 11) is 0. The highest BCUT2D eigenvalue weighted by molar-refractivity contribution is 7.14. The molecule has 31 heavy (non-hydrogen) atoms. The van der Waals surface area contributed by atoms with Crippen LogP contribution in [0.5, 0.6) is 11.5 Å². The number of amides is 1. The van der Waals surface area contributed by atoms with Crippen LogP contribution in [-0.4, -0.2) is 33.4 Å². The fourth-order valence-corrected chi connectivity index (χ4v) is 4.33. The van der Waals surface area contributed by atoms with E-state index < -0.39 is 0 Å². The summed E-state index contributed by atoms with van der Waals surface area (Å²) in [5.41, 5.74) is 2.30. The Balaban J connectivity index is 1.64. The number of rotatable bonds is 6. The molecule has 3 N–H and O–H groups in total. The molecule has 1 atom stereocenters. The molecule has 2 aromatic carbocycles. The number of nitrogens with one attached hydrogen (secondary N) is 1. The lowest BCUT2D eigenvalue weighted by molar-refractivity contribution is -0.129. The minimum atomic E-state index is -0.164. The monoisotopic (exact) mass is 437 g/mol. The molecule has 0 aliphatic carbocycles. The van der Waals surface area contributed by atoms with Gasteiger partial charge in [0.1, 0.15) is 21.5 Å². The molecule has 0 spiro atoms. The van der Waals surface area contributed by atoms with Gasteiger partial charge in [0.05, 0.1) is 6.04 Å². The third-order valence-electron chi connectivity index (χ3n) is 5.28. The summed E-state index contributed by atoms with van der Waals surface area (Å²) in [6.45, 7) is 4.62. The zero-order chi connectivity index (χ0) is 22.0. The maximum atomic E-state index is 12.3. The molecule has 1 fully saturated rings. The van der Waals surface area contributed by atoms with Crippen molar-refractivity contribution in [3.8, 4) is 22.1 Å². The molecule has 2 heterocycles. The predicted octanol–water partition coefficient (Wildman–Crippen LogP) is 4.20. The van der Waals surface area contributed by atoms with Gasteiger partial charge in [-0.1, -0.05) is 17.4 Å². The Morgan fingerprint density at radius 3 is 2.61 bits per heavy atom. The summed E-state index contributed by atoms with van der Waals surface area (Å²) >= 11 is 1.53. The molecule has 3 aromatic rings.